The second-order valence-corrected chi connectivity index (χ2v) is 4.07. The number of phenols is 1. The van der Waals surface area contributed by atoms with Crippen LogP contribution in [0.5, 0.6) is 5.75 Å². The molecule has 2 aromatic rings. The predicted octanol–water partition coefficient (Wildman–Crippen LogP) is 3.30. The van der Waals surface area contributed by atoms with Crippen LogP contribution in [0, 0.1) is 17.1 Å². The number of phenolic OH excluding ortho intramolecular Hbond substituents is 1. The molecule has 0 spiro atoms. The minimum absolute atomic E-state index is 0.350. The molecule has 2 aromatic carbocycles. The number of halogens is 1. The van der Waals surface area contributed by atoms with E-state index in [4.69, 9.17) is 5.26 Å². The van der Waals surface area contributed by atoms with Gasteiger partial charge in [-0.25, -0.2) is 4.39 Å². The third-order valence-electron chi connectivity index (χ3n) is 2.70. The van der Waals surface area contributed by atoms with Crippen molar-refractivity contribution in [1.82, 2.24) is 0 Å². The first-order valence-corrected chi connectivity index (χ1v) is 5.82. The SMILES string of the molecule is N#Cc1ccc(/C=C/C(=O)c2c(O)cccc2F)cc1. The zero-order valence-corrected chi connectivity index (χ0v) is 10.4. The number of allylic oxidation sites excluding steroid dienone is 1. The first-order chi connectivity index (χ1) is 9.61. The summed E-state index contributed by atoms with van der Waals surface area (Å²) in [4.78, 5) is 11.8. The van der Waals surface area contributed by atoms with E-state index in [0.717, 1.165) is 6.07 Å². The normalized spacial score (nSPS) is 10.4. The van der Waals surface area contributed by atoms with Crippen LogP contribution in [0.1, 0.15) is 21.5 Å². The fourth-order valence-corrected chi connectivity index (χ4v) is 1.68. The number of ketones is 1. The summed E-state index contributed by atoms with van der Waals surface area (Å²) in [5.41, 5.74) is 0.866. The van der Waals surface area contributed by atoms with E-state index in [1.54, 1.807) is 24.3 Å². The molecular weight excluding hydrogens is 257 g/mol. The van der Waals surface area contributed by atoms with Gasteiger partial charge in [-0.15, -0.1) is 0 Å². The van der Waals surface area contributed by atoms with Crippen LogP contribution in [-0.4, -0.2) is 10.9 Å². The Morgan fingerprint density at radius 2 is 1.90 bits per heavy atom. The predicted molar refractivity (Wildman–Crippen MR) is 72.6 cm³/mol. The second-order valence-electron chi connectivity index (χ2n) is 4.07. The lowest BCUT2D eigenvalue weighted by molar-refractivity contribution is 0.104. The molecule has 0 fully saturated rings. The zero-order chi connectivity index (χ0) is 14.5. The van der Waals surface area contributed by atoms with E-state index in [2.05, 4.69) is 0 Å². The molecule has 0 saturated heterocycles. The lowest BCUT2D eigenvalue weighted by atomic mass is 10.1. The molecule has 4 heteroatoms. The van der Waals surface area contributed by atoms with Crippen molar-refractivity contribution < 1.29 is 14.3 Å². The first kappa shape index (κ1) is 13.5. The summed E-state index contributed by atoms with van der Waals surface area (Å²) in [5.74, 6) is -1.77. The van der Waals surface area contributed by atoms with Gasteiger partial charge in [-0.2, -0.15) is 5.26 Å². The van der Waals surface area contributed by atoms with Crippen molar-refractivity contribution in [3.8, 4) is 11.8 Å². The molecule has 0 heterocycles. The highest BCUT2D eigenvalue weighted by molar-refractivity contribution is 6.08. The number of nitriles is 1. The van der Waals surface area contributed by atoms with Crippen LogP contribution >= 0.6 is 0 Å². The molecule has 2 rings (SSSR count). The highest BCUT2D eigenvalue weighted by Gasteiger charge is 2.13. The largest absolute Gasteiger partial charge is 0.507 e. The average Bonchev–Trinajstić information content (AvgIpc) is 2.45. The Morgan fingerprint density at radius 3 is 2.50 bits per heavy atom. The van der Waals surface area contributed by atoms with Gasteiger partial charge in [0.05, 0.1) is 17.2 Å². The van der Waals surface area contributed by atoms with E-state index in [1.807, 2.05) is 6.07 Å². The number of carbonyl (C=O) groups excluding carboxylic acids is 1. The van der Waals surface area contributed by atoms with E-state index < -0.39 is 11.6 Å². The Balaban J connectivity index is 2.23. The van der Waals surface area contributed by atoms with Gasteiger partial charge in [-0.3, -0.25) is 4.79 Å². The second kappa shape index (κ2) is 5.81. The summed E-state index contributed by atoms with van der Waals surface area (Å²) >= 11 is 0. The topological polar surface area (TPSA) is 61.1 Å². The maximum atomic E-state index is 13.5. The van der Waals surface area contributed by atoms with Gasteiger partial charge in [0.1, 0.15) is 11.6 Å². The van der Waals surface area contributed by atoms with Gasteiger partial charge in [-0.1, -0.05) is 24.3 Å². The van der Waals surface area contributed by atoms with Crippen molar-refractivity contribution >= 4 is 11.9 Å². The van der Waals surface area contributed by atoms with E-state index in [1.165, 1.54) is 24.3 Å². The smallest absolute Gasteiger partial charge is 0.192 e. The molecule has 0 bridgehead atoms. The molecule has 0 atom stereocenters. The Bertz CT molecular complexity index is 692. The van der Waals surface area contributed by atoms with Crippen LogP contribution < -0.4 is 0 Å². The van der Waals surface area contributed by atoms with E-state index in [0.29, 0.717) is 11.1 Å². The van der Waals surface area contributed by atoms with Crippen LogP contribution in [0.25, 0.3) is 6.08 Å². The Labute approximate surface area is 115 Å². The summed E-state index contributed by atoms with van der Waals surface area (Å²) in [6.45, 7) is 0. The van der Waals surface area contributed by atoms with Crippen LogP contribution in [0.15, 0.2) is 48.5 Å². The van der Waals surface area contributed by atoms with Crippen molar-refractivity contribution in [3.05, 3.63) is 71.0 Å². The van der Waals surface area contributed by atoms with Gasteiger partial charge >= 0.3 is 0 Å². The van der Waals surface area contributed by atoms with Crippen molar-refractivity contribution in [2.75, 3.05) is 0 Å². The number of rotatable bonds is 3. The van der Waals surface area contributed by atoms with Gasteiger partial charge in [0.15, 0.2) is 5.78 Å². The molecule has 0 aliphatic carbocycles. The lowest BCUT2D eigenvalue weighted by Crippen LogP contribution is -1.98. The average molecular weight is 267 g/mol. The molecule has 0 amide bonds. The van der Waals surface area contributed by atoms with Crippen molar-refractivity contribution in [1.29, 1.82) is 5.26 Å². The highest BCUT2D eigenvalue weighted by Crippen LogP contribution is 2.21. The number of benzene rings is 2. The highest BCUT2D eigenvalue weighted by atomic mass is 19.1. The van der Waals surface area contributed by atoms with Crippen LogP contribution in [-0.2, 0) is 0 Å². The van der Waals surface area contributed by atoms with Crippen LogP contribution in [0.4, 0.5) is 4.39 Å². The van der Waals surface area contributed by atoms with E-state index in [9.17, 15) is 14.3 Å². The first-order valence-electron chi connectivity index (χ1n) is 5.82. The third-order valence-corrected chi connectivity index (χ3v) is 2.70. The monoisotopic (exact) mass is 267 g/mol. The molecule has 98 valence electrons. The number of carbonyl (C=O) groups is 1. The van der Waals surface area contributed by atoms with Gasteiger partial charge in [0.25, 0.3) is 0 Å². The number of hydrogen-bond acceptors (Lipinski definition) is 3. The number of hydrogen-bond donors (Lipinski definition) is 1. The van der Waals surface area contributed by atoms with Gasteiger partial charge in [0, 0.05) is 0 Å². The van der Waals surface area contributed by atoms with Crippen LogP contribution in [0.3, 0.4) is 0 Å². The molecule has 0 saturated carbocycles. The Hall–Kier alpha value is -2.93. The summed E-state index contributed by atoms with van der Waals surface area (Å²) in [6.07, 6.45) is 2.68. The van der Waals surface area contributed by atoms with Crippen molar-refractivity contribution in [3.63, 3.8) is 0 Å². The fraction of sp³-hybridized carbons (Fsp3) is 0. The molecule has 0 radical (unpaired) electrons. The molecule has 3 nitrogen and oxygen atoms in total. The minimum atomic E-state index is -0.764. The minimum Gasteiger partial charge on any atom is -0.507 e. The molecular formula is C16H10FNO2. The van der Waals surface area contributed by atoms with Gasteiger partial charge < -0.3 is 5.11 Å². The number of aromatic hydroxyl groups is 1. The molecule has 0 aliphatic rings. The van der Waals surface area contributed by atoms with Crippen LogP contribution in [0.2, 0.25) is 0 Å². The Morgan fingerprint density at radius 1 is 1.20 bits per heavy atom. The summed E-state index contributed by atoms with van der Waals surface area (Å²) in [7, 11) is 0. The summed E-state index contributed by atoms with van der Waals surface area (Å²) in [5, 5.41) is 18.2. The number of nitrogens with zero attached hydrogens (tertiary/aromatic N) is 1. The molecule has 20 heavy (non-hydrogen) atoms. The molecule has 1 N–H and O–H groups in total. The zero-order valence-electron chi connectivity index (χ0n) is 10.4. The van der Waals surface area contributed by atoms with Gasteiger partial charge in [0.2, 0.25) is 0 Å². The molecule has 0 aromatic heterocycles. The summed E-state index contributed by atoms with van der Waals surface area (Å²) < 4.78 is 13.5. The van der Waals surface area contributed by atoms with Crippen molar-refractivity contribution in [2.45, 2.75) is 0 Å². The maximum absolute atomic E-state index is 13.5. The van der Waals surface area contributed by atoms with Crippen molar-refractivity contribution in [2.24, 2.45) is 0 Å². The Kier molecular flexibility index (Phi) is 3.92. The summed E-state index contributed by atoms with van der Waals surface area (Å²) in [6, 6.07) is 12.3. The fourth-order valence-electron chi connectivity index (χ4n) is 1.68. The standard InChI is InChI=1S/C16H10FNO2/c17-13-2-1-3-14(19)16(13)15(20)9-8-11-4-6-12(10-18)7-5-11/h1-9,19H/b9-8+. The molecule has 0 aliphatic heterocycles. The maximum Gasteiger partial charge on any atom is 0.192 e. The quantitative estimate of drug-likeness (QED) is 0.685. The third kappa shape index (κ3) is 2.90. The van der Waals surface area contributed by atoms with E-state index >= 15 is 0 Å². The molecule has 0 unspecified atom stereocenters. The van der Waals surface area contributed by atoms with E-state index in [-0.39, 0.29) is 11.3 Å². The lowest BCUT2D eigenvalue weighted by Gasteiger charge is -2.01. The van der Waals surface area contributed by atoms with Gasteiger partial charge in [-0.05, 0) is 35.9 Å².